The minimum atomic E-state index is -0.0831. The minimum Gasteiger partial charge on any atom is -0.497 e. The van der Waals surface area contributed by atoms with Crippen LogP contribution in [0.25, 0.3) is 0 Å². The van der Waals surface area contributed by atoms with Crippen molar-refractivity contribution in [3.8, 4) is 5.75 Å². The molecule has 0 bridgehead atoms. The fraction of sp³-hybridized carbons (Fsp3) is 0.667. The second kappa shape index (κ2) is 8.69. The van der Waals surface area contributed by atoms with Crippen LogP contribution in [0.4, 0.5) is 4.79 Å². The number of piperidine rings is 1. The summed E-state index contributed by atoms with van der Waals surface area (Å²) in [5.74, 6) is 2.07. The molecule has 0 unspecified atom stereocenters. The Kier molecular flexibility index (Phi) is 5.78. The molecule has 3 atom stereocenters. The Bertz CT molecular complexity index is 806. The van der Waals surface area contributed by atoms with Crippen molar-refractivity contribution in [2.75, 3.05) is 26.7 Å². The number of methoxy groups -OCH3 is 1. The number of hydrogen-bond donors (Lipinski definition) is 2. The van der Waals surface area contributed by atoms with Gasteiger partial charge >= 0.3 is 6.03 Å². The zero-order valence-electron chi connectivity index (χ0n) is 18.4. The average molecular weight is 427 g/mol. The molecule has 0 radical (unpaired) electrons. The first-order valence-electron chi connectivity index (χ1n) is 11.8. The van der Waals surface area contributed by atoms with Crippen LogP contribution >= 0.6 is 0 Å². The maximum Gasteiger partial charge on any atom is 0.317 e. The van der Waals surface area contributed by atoms with Crippen molar-refractivity contribution in [1.82, 2.24) is 20.4 Å². The predicted octanol–water partition coefficient (Wildman–Crippen LogP) is 2.36. The van der Waals surface area contributed by atoms with Crippen molar-refractivity contribution < 1.29 is 14.3 Å². The fourth-order valence-corrected chi connectivity index (χ4v) is 5.19. The van der Waals surface area contributed by atoms with E-state index in [9.17, 15) is 9.59 Å². The Labute approximate surface area is 184 Å². The number of carbonyl (C=O) groups excluding carboxylic acids is 2. The third-order valence-corrected chi connectivity index (χ3v) is 7.33. The number of fused-ring (bicyclic) bond motifs is 1. The van der Waals surface area contributed by atoms with E-state index in [-0.39, 0.29) is 18.0 Å². The Balaban J connectivity index is 1.21. The molecule has 2 N–H and O–H groups in total. The van der Waals surface area contributed by atoms with Crippen molar-refractivity contribution in [1.29, 1.82) is 0 Å². The minimum absolute atomic E-state index is 0.0831. The second-order valence-electron chi connectivity index (χ2n) is 9.74. The van der Waals surface area contributed by atoms with Crippen LogP contribution in [0.2, 0.25) is 0 Å². The number of amides is 3. The van der Waals surface area contributed by atoms with Crippen LogP contribution in [0.1, 0.15) is 44.1 Å². The van der Waals surface area contributed by atoms with Gasteiger partial charge in [0.1, 0.15) is 5.75 Å². The Morgan fingerprint density at radius 1 is 1.10 bits per heavy atom. The van der Waals surface area contributed by atoms with Crippen molar-refractivity contribution in [2.24, 2.45) is 11.8 Å². The second-order valence-corrected chi connectivity index (χ2v) is 9.74. The molecule has 0 spiro atoms. The Morgan fingerprint density at radius 3 is 2.55 bits per heavy atom. The molecule has 7 heteroatoms. The van der Waals surface area contributed by atoms with E-state index in [1.165, 1.54) is 12.8 Å². The summed E-state index contributed by atoms with van der Waals surface area (Å²) in [7, 11) is 1.65. The van der Waals surface area contributed by atoms with E-state index >= 15 is 0 Å². The van der Waals surface area contributed by atoms with Crippen LogP contribution in [-0.4, -0.2) is 66.6 Å². The van der Waals surface area contributed by atoms with Gasteiger partial charge in [0.25, 0.3) is 0 Å². The maximum absolute atomic E-state index is 13.2. The highest BCUT2D eigenvalue weighted by atomic mass is 16.5. The van der Waals surface area contributed by atoms with E-state index < -0.39 is 0 Å². The topological polar surface area (TPSA) is 73.9 Å². The van der Waals surface area contributed by atoms with Gasteiger partial charge in [-0.25, -0.2) is 4.79 Å². The smallest absolute Gasteiger partial charge is 0.317 e. The molecular formula is C24H34N4O3. The number of likely N-dealkylation sites (tertiary alicyclic amines) is 2. The van der Waals surface area contributed by atoms with Gasteiger partial charge in [0.15, 0.2) is 0 Å². The summed E-state index contributed by atoms with van der Waals surface area (Å²) >= 11 is 0. The van der Waals surface area contributed by atoms with Crippen LogP contribution < -0.4 is 15.4 Å². The molecule has 1 aromatic rings. The molecule has 4 aliphatic rings. The molecule has 0 aromatic heterocycles. The molecule has 4 fully saturated rings. The van der Waals surface area contributed by atoms with Gasteiger partial charge in [-0.1, -0.05) is 12.1 Å². The molecule has 2 aliphatic carbocycles. The van der Waals surface area contributed by atoms with Gasteiger partial charge in [-0.2, -0.15) is 0 Å². The average Bonchev–Trinajstić information content (AvgIpc) is 3.72. The number of benzene rings is 1. The van der Waals surface area contributed by atoms with E-state index in [0.717, 1.165) is 62.5 Å². The highest BCUT2D eigenvalue weighted by Crippen LogP contribution is 2.40. The number of nitrogens with zero attached hydrogens (tertiary/aromatic N) is 2. The van der Waals surface area contributed by atoms with Gasteiger partial charge < -0.3 is 20.3 Å². The highest BCUT2D eigenvalue weighted by Gasteiger charge is 2.48. The number of hydrogen-bond acceptors (Lipinski definition) is 4. The van der Waals surface area contributed by atoms with Crippen LogP contribution in [0.5, 0.6) is 5.75 Å². The van der Waals surface area contributed by atoms with Gasteiger partial charge in [-0.3, -0.25) is 9.69 Å². The van der Waals surface area contributed by atoms with E-state index in [4.69, 9.17) is 4.74 Å². The molecule has 168 valence electrons. The van der Waals surface area contributed by atoms with Crippen molar-refractivity contribution >= 4 is 11.9 Å². The first-order valence-corrected chi connectivity index (χ1v) is 11.8. The van der Waals surface area contributed by atoms with Crippen LogP contribution in [0.3, 0.4) is 0 Å². The first-order chi connectivity index (χ1) is 15.1. The van der Waals surface area contributed by atoms with Crippen LogP contribution in [0, 0.1) is 11.8 Å². The van der Waals surface area contributed by atoms with Gasteiger partial charge in [0.05, 0.1) is 13.2 Å². The lowest BCUT2D eigenvalue weighted by atomic mass is 9.92. The zero-order valence-corrected chi connectivity index (χ0v) is 18.4. The third-order valence-electron chi connectivity index (χ3n) is 7.33. The van der Waals surface area contributed by atoms with Gasteiger partial charge in [-0.05, 0) is 68.1 Å². The van der Waals surface area contributed by atoms with Gasteiger partial charge in [0.2, 0.25) is 5.91 Å². The van der Waals surface area contributed by atoms with Crippen molar-refractivity contribution in [3.63, 3.8) is 0 Å². The monoisotopic (exact) mass is 426 g/mol. The Hall–Kier alpha value is -2.28. The van der Waals surface area contributed by atoms with Gasteiger partial charge in [0, 0.05) is 38.3 Å². The van der Waals surface area contributed by atoms with Crippen molar-refractivity contribution in [3.05, 3.63) is 29.8 Å². The number of ether oxygens (including phenoxy) is 1. The molecule has 1 aromatic carbocycles. The molecule has 31 heavy (non-hydrogen) atoms. The fourth-order valence-electron chi connectivity index (χ4n) is 5.19. The highest BCUT2D eigenvalue weighted by molar-refractivity contribution is 5.82. The molecule has 2 heterocycles. The first kappa shape index (κ1) is 20.6. The molecule has 3 amide bonds. The quantitative estimate of drug-likeness (QED) is 0.702. The lowest BCUT2D eigenvalue weighted by Gasteiger charge is -2.38. The molecule has 7 nitrogen and oxygen atoms in total. The lowest BCUT2D eigenvalue weighted by Crippen LogP contribution is -2.52. The van der Waals surface area contributed by atoms with Crippen molar-refractivity contribution in [2.45, 2.75) is 63.2 Å². The standard InChI is InChI=1S/C24H34N4O3/c1-31-20-8-4-16(5-9-20)13-25-23(29)22-12-18-15-27(24(30)26-19-6-7-19)11-10-21(18)28(22)14-17-2-3-17/h4-5,8-9,17-19,21-22H,2-3,6-7,10-15H2,1H3,(H,25,29)(H,26,30)/t18-,21+,22-/m0/s1. The maximum atomic E-state index is 13.2. The number of carbonyl (C=O) groups is 2. The zero-order chi connectivity index (χ0) is 21.4. The Morgan fingerprint density at radius 2 is 1.87 bits per heavy atom. The largest absolute Gasteiger partial charge is 0.497 e. The molecule has 2 saturated heterocycles. The van der Waals surface area contributed by atoms with E-state index in [1.54, 1.807) is 7.11 Å². The summed E-state index contributed by atoms with van der Waals surface area (Å²) in [4.78, 5) is 30.2. The summed E-state index contributed by atoms with van der Waals surface area (Å²) in [6, 6.07) is 8.64. The van der Waals surface area contributed by atoms with Gasteiger partial charge in [-0.15, -0.1) is 0 Å². The van der Waals surface area contributed by atoms with Crippen LogP contribution in [0.15, 0.2) is 24.3 Å². The molecule has 5 rings (SSSR count). The SMILES string of the molecule is COc1ccc(CNC(=O)[C@@H]2C[C@H]3CN(C(=O)NC4CC4)CC[C@H]3N2CC2CC2)cc1. The van der Waals surface area contributed by atoms with E-state index in [0.29, 0.717) is 24.5 Å². The van der Waals surface area contributed by atoms with E-state index in [1.807, 2.05) is 29.2 Å². The molecule has 2 aliphatic heterocycles. The number of urea groups is 1. The third kappa shape index (κ3) is 4.81. The summed E-state index contributed by atoms with van der Waals surface area (Å²) in [5.41, 5.74) is 1.07. The summed E-state index contributed by atoms with van der Waals surface area (Å²) in [5, 5.41) is 6.29. The number of nitrogens with one attached hydrogen (secondary N) is 2. The van der Waals surface area contributed by atoms with Crippen LogP contribution in [-0.2, 0) is 11.3 Å². The lowest BCUT2D eigenvalue weighted by molar-refractivity contribution is -0.126. The predicted molar refractivity (Wildman–Crippen MR) is 118 cm³/mol. The number of rotatable bonds is 7. The van der Waals surface area contributed by atoms with E-state index in [2.05, 4.69) is 15.5 Å². The summed E-state index contributed by atoms with van der Waals surface area (Å²) < 4.78 is 5.21. The normalized spacial score (nSPS) is 28.2. The summed E-state index contributed by atoms with van der Waals surface area (Å²) in [6.45, 7) is 3.12. The molecular weight excluding hydrogens is 392 g/mol. The molecule has 2 saturated carbocycles. The summed E-state index contributed by atoms with van der Waals surface area (Å²) in [6.07, 6.45) is 6.60.